The van der Waals surface area contributed by atoms with Gasteiger partial charge in [0.25, 0.3) is 5.56 Å². The van der Waals surface area contributed by atoms with E-state index in [1.54, 1.807) is 11.4 Å². The van der Waals surface area contributed by atoms with Crippen molar-refractivity contribution in [2.45, 2.75) is 38.4 Å². The second-order valence-corrected chi connectivity index (χ2v) is 7.06. The second kappa shape index (κ2) is 7.32. The van der Waals surface area contributed by atoms with Crippen molar-refractivity contribution in [3.05, 3.63) is 28.1 Å². The Labute approximate surface area is 148 Å². The lowest BCUT2D eigenvalue weighted by Crippen LogP contribution is -2.55. The van der Waals surface area contributed by atoms with Crippen LogP contribution in [0, 0.1) is 0 Å². The monoisotopic (exact) mass is 364 g/mol. The quantitative estimate of drug-likeness (QED) is 0.742. The van der Waals surface area contributed by atoms with Crippen molar-refractivity contribution in [2.24, 2.45) is 0 Å². The minimum Gasteiger partial charge on any atom is -0.480 e. The van der Waals surface area contributed by atoms with Crippen LogP contribution in [0.1, 0.15) is 19.8 Å². The van der Waals surface area contributed by atoms with Gasteiger partial charge >= 0.3 is 5.97 Å². The first-order valence-electron chi connectivity index (χ1n) is 8.15. The van der Waals surface area contributed by atoms with Gasteiger partial charge in [0.1, 0.15) is 11.4 Å². The van der Waals surface area contributed by atoms with Crippen molar-refractivity contribution in [3.8, 4) is 0 Å². The first kappa shape index (κ1) is 17.6. The highest BCUT2D eigenvalue weighted by Crippen LogP contribution is 2.25. The summed E-state index contributed by atoms with van der Waals surface area (Å²) in [5.74, 6) is -1.08. The molecule has 0 atom stereocenters. The van der Waals surface area contributed by atoms with Gasteiger partial charge in [0, 0.05) is 12.1 Å². The van der Waals surface area contributed by atoms with Gasteiger partial charge in [-0.3, -0.25) is 23.9 Å². The Morgan fingerprint density at radius 1 is 1.48 bits per heavy atom. The molecule has 8 nitrogen and oxygen atoms in total. The van der Waals surface area contributed by atoms with Crippen molar-refractivity contribution in [1.82, 2.24) is 19.8 Å². The smallest absolute Gasteiger partial charge is 0.317 e. The molecule has 0 unspecified atom stereocenters. The molecule has 2 aromatic heterocycles. The predicted octanol–water partition coefficient (Wildman–Crippen LogP) is 0.512. The highest BCUT2D eigenvalue weighted by molar-refractivity contribution is 7.16. The fourth-order valence-electron chi connectivity index (χ4n) is 3.11. The van der Waals surface area contributed by atoms with E-state index in [0.717, 1.165) is 12.8 Å². The van der Waals surface area contributed by atoms with Crippen molar-refractivity contribution in [2.75, 3.05) is 13.1 Å². The summed E-state index contributed by atoms with van der Waals surface area (Å²) in [5, 5.41) is 14.1. The van der Waals surface area contributed by atoms with Crippen LogP contribution in [0.4, 0.5) is 0 Å². The molecule has 9 heteroatoms. The third kappa shape index (κ3) is 3.88. The zero-order valence-corrected chi connectivity index (χ0v) is 14.7. The Kier molecular flexibility index (Phi) is 5.14. The molecule has 1 amide bonds. The Bertz CT molecular complexity index is 840. The number of nitrogens with zero attached hydrogens (tertiary/aromatic N) is 3. The molecule has 3 rings (SSSR count). The maximum absolute atomic E-state index is 12.3. The standard InChI is InChI=1S/C16H20N4O4S/c1-2-19(8-14(22)23)11-5-10(6-11)18-13(21)7-20-9-17-15-12(16(20)24)3-4-25-15/h3-4,9-11H,2,5-8H2,1H3,(H,18,21)(H,22,23). The zero-order chi connectivity index (χ0) is 18.0. The van der Waals surface area contributed by atoms with E-state index in [-0.39, 0.29) is 36.6 Å². The molecule has 1 fully saturated rings. The Morgan fingerprint density at radius 2 is 2.24 bits per heavy atom. The molecule has 1 aliphatic carbocycles. The molecule has 1 saturated carbocycles. The number of amides is 1. The lowest BCUT2D eigenvalue weighted by molar-refractivity contribution is -0.139. The van der Waals surface area contributed by atoms with Crippen LogP contribution in [0.5, 0.6) is 0 Å². The summed E-state index contributed by atoms with van der Waals surface area (Å²) >= 11 is 1.39. The summed E-state index contributed by atoms with van der Waals surface area (Å²) in [7, 11) is 0. The van der Waals surface area contributed by atoms with E-state index in [0.29, 0.717) is 16.8 Å². The topological polar surface area (TPSA) is 105 Å². The van der Waals surface area contributed by atoms with Gasteiger partial charge in [0.05, 0.1) is 18.3 Å². The van der Waals surface area contributed by atoms with E-state index in [2.05, 4.69) is 10.3 Å². The van der Waals surface area contributed by atoms with Crippen molar-refractivity contribution >= 4 is 33.4 Å². The van der Waals surface area contributed by atoms with Gasteiger partial charge < -0.3 is 10.4 Å². The summed E-state index contributed by atoms with van der Waals surface area (Å²) in [6.45, 7) is 2.54. The Hall–Kier alpha value is -2.26. The van der Waals surface area contributed by atoms with Gasteiger partial charge in [-0.2, -0.15) is 0 Å². The summed E-state index contributed by atoms with van der Waals surface area (Å²) in [4.78, 5) is 42.0. The number of hydrogen-bond acceptors (Lipinski definition) is 6. The number of thiophene rings is 1. The number of carboxylic acid groups (broad SMARTS) is 1. The predicted molar refractivity (Wildman–Crippen MR) is 93.7 cm³/mol. The molecule has 0 aromatic carbocycles. The number of aromatic nitrogens is 2. The fraction of sp³-hybridized carbons (Fsp3) is 0.500. The highest BCUT2D eigenvalue weighted by atomic mass is 32.1. The number of nitrogens with one attached hydrogen (secondary N) is 1. The number of fused-ring (bicyclic) bond motifs is 1. The third-order valence-corrected chi connectivity index (χ3v) is 5.32. The van der Waals surface area contributed by atoms with E-state index in [4.69, 9.17) is 5.11 Å². The minimum absolute atomic E-state index is 0.0174. The molecule has 134 valence electrons. The van der Waals surface area contributed by atoms with Crippen molar-refractivity contribution in [1.29, 1.82) is 0 Å². The van der Waals surface area contributed by atoms with E-state index >= 15 is 0 Å². The van der Waals surface area contributed by atoms with E-state index in [9.17, 15) is 14.4 Å². The van der Waals surface area contributed by atoms with Gasteiger partial charge in [-0.1, -0.05) is 6.92 Å². The van der Waals surface area contributed by atoms with Crippen LogP contribution in [0.3, 0.4) is 0 Å². The lowest BCUT2D eigenvalue weighted by Gasteiger charge is -2.42. The van der Waals surface area contributed by atoms with Gasteiger partial charge in [0.2, 0.25) is 5.91 Å². The van der Waals surface area contributed by atoms with Crippen LogP contribution < -0.4 is 10.9 Å². The molecule has 0 spiro atoms. The number of carbonyl (C=O) groups is 2. The molecule has 0 radical (unpaired) electrons. The van der Waals surface area contributed by atoms with E-state index in [1.807, 2.05) is 11.8 Å². The molecule has 2 N–H and O–H groups in total. The molecule has 0 aliphatic heterocycles. The van der Waals surface area contributed by atoms with Crippen molar-refractivity contribution < 1.29 is 14.7 Å². The maximum Gasteiger partial charge on any atom is 0.317 e. The van der Waals surface area contributed by atoms with Crippen LogP contribution in [-0.4, -0.2) is 56.6 Å². The SMILES string of the molecule is CCN(CC(=O)O)C1CC(NC(=O)Cn2cnc3sccc3c2=O)C1. The molecule has 0 saturated heterocycles. The first-order chi connectivity index (χ1) is 12.0. The molecule has 0 bridgehead atoms. The first-order valence-corrected chi connectivity index (χ1v) is 9.03. The average molecular weight is 364 g/mol. The zero-order valence-electron chi connectivity index (χ0n) is 13.8. The fourth-order valence-corrected chi connectivity index (χ4v) is 3.83. The summed E-state index contributed by atoms with van der Waals surface area (Å²) in [6.07, 6.45) is 2.85. The molecule has 1 aliphatic rings. The van der Waals surface area contributed by atoms with E-state index < -0.39 is 5.97 Å². The van der Waals surface area contributed by atoms with Crippen LogP contribution in [0.15, 0.2) is 22.6 Å². The number of carbonyl (C=O) groups excluding carboxylic acids is 1. The molecular weight excluding hydrogens is 344 g/mol. The molecular formula is C16H20N4O4S. The third-order valence-electron chi connectivity index (χ3n) is 4.50. The van der Waals surface area contributed by atoms with Gasteiger partial charge in [-0.05, 0) is 30.8 Å². The molecule has 2 aromatic rings. The lowest BCUT2D eigenvalue weighted by atomic mass is 9.85. The number of likely N-dealkylation sites (N-methyl/N-ethyl adjacent to an activating group) is 1. The Balaban J connectivity index is 1.53. The van der Waals surface area contributed by atoms with Crippen LogP contribution in [0.2, 0.25) is 0 Å². The normalized spacial score (nSPS) is 19.8. The minimum atomic E-state index is -0.843. The average Bonchev–Trinajstić information content (AvgIpc) is 3.00. The molecule has 2 heterocycles. The van der Waals surface area contributed by atoms with Crippen LogP contribution in [0.25, 0.3) is 10.2 Å². The van der Waals surface area contributed by atoms with Gasteiger partial charge in [-0.25, -0.2) is 4.98 Å². The largest absolute Gasteiger partial charge is 0.480 e. The van der Waals surface area contributed by atoms with Gasteiger partial charge in [0.15, 0.2) is 0 Å². The molecule has 25 heavy (non-hydrogen) atoms. The van der Waals surface area contributed by atoms with Crippen molar-refractivity contribution in [3.63, 3.8) is 0 Å². The summed E-state index contributed by atoms with van der Waals surface area (Å²) in [6, 6.07) is 1.91. The number of rotatable bonds is 7. The van der Waals surface area contributed by atoms with E-state index in [1.165, 1.54) is 22.2 Å². The number of carboxylic acids is 1. The Morgan fingerprint density at radius 3 is 2.92 bits per heavy atom. The van der Waals surface area contributed by atoms with Crippen LogP contribution in [-0.2, 0) is 16.1 Å². The van der Waals surface area contributed by atoms with Crippen LogP contribution >= 0.6 is 11.3 Å². The highest BCUT2D eigenvalue weighted by Gasteiger charge is 2.34. The number of aliphatic carboxylic acids is 1. The van der Waals surface area contributed by atoms with Gasteiger partial charge in [-0.15, -0.1) is 11.3 Å². The second-order valence-electron chi connectivity index (χ2n) is 6.16. The maximum atomic E-state index is 12.3. The number of hydrogen-bond donors (Lipinski definition) is 2. The summed E-state index contributed by atoms with van der Waals surface area (Å²) in [5.41, 5.74) is -0.216. The summed E-state index contributed by atoms with van der Waals surface area (Å²) < 4.78 is 1.31.